The zero-order valence-electron chi connectivity index (χ0n) is 2.08. The Morgan fingerprint density at radius 3 is 0.400 bits per heavy atom. The second kappa shape index (κ2) is 25.9. The fourth-order valence-electron chi connectivity index (χ4n) is 0. The van der Waals surface area contributed by atoms with E-state index in [1.54, 1.807) is 0 Å². The van der Waals surface area contributed by atoms with Gasteiger partial charge in [0.15, 0.2) is 0 Å². The Morgan fingerprint density at radius 1 is 0.400 bits per heavy atom. The van der Waals surface area contributed by atoms with Crippen LogP contribution in [0.25, 0.3) is 0 Å². The SMILES string of the molecule is I.I.I.I.[V]. The molecule has 37 valence electrons. The molecule has 1 radical (unpaired) electrons. The van der Waals surface area contributed by atoms with Gasteiger partial charge in [-0.1, -0.05) is 0 Å². The molecule has 0 atom stereocenters. The Labute approximate surface area is 112 Å². The summed E-state index contributed by atoms with van der Waals surface area (Å²) in [6.07, 6.45) is 0. The molecule has 0 aliphatic carbocycles. The van der Waals surface area contributed by atoms with Crippen LogP contribution in [0.1, 0.15) is 0 Å². The van der Waals surface area contributed by atoms with E-state index in [2.05, 4.69) is 0 Å². The van der Waals surface area contributed by atoms with Gasteiger partial charge in [-0.3, -0.25) is 0 Å². The van der Waals surface area contributed by atoms with Gasteiger partial charge in [-0.05, 0) is 0 Å². The number of rotatable bonds is 0. The molecule has 0 spiro atoms. The van der Waals surface area contributed by atoms with Gasteiger partial charge in [-0.25, -0.2) is 0 Å². The Hall–Kier alpha value is 3.50. The average molecular weight is 563 g/mol. The van der Waals surface area contributed by atoms with Crippen LogP contribution in [0.3, 0.4) is 0 Å². The molecule has 0 amide bonds. The summed E-state index contributed by atoms with van der Waals surface area (Å²) < 4.78 is 0. The van der Waals surface area contributed by atoms with Gasteiger partial charge in [0.1, 0.15) is 0 Å². The molecule has 0 fully saturated rings. The van der Waals surface area contributed by atoms with Crippen LogP contribution in [-0.4, -0.2) is 0 Å². The first kappa shape index (κ1) is 39.0. The van der Waals surface area contributed by atoms with Crippen LogP contribution in [0.4, 0.5) is 0 Å². The summed E-state index contributed by atoms with van der Waals surface area (Å²) in [5, 5.41) is 0. The van der Waals surface area contributed by atoms with Crippen LogP contribution in [0, 0.1) is 0 Å². The van der Waals surface area contributed by atoms with Gasteiger partial charge in [0.05, 0.1) is 0 Å². The Balaban J connectivity index is 0. The first-order chi connectivity index (χ1) is 0. The van der Waals surface area contributed by atoms with Gasteiger partial charge >= 0.3 is 0 Å². The van der Waals surface area contributed by atoms with Crippen LogP contribution in [0.15, 0.2) is 0 Å². The minimum atomic E-state index is 0. The topological polar surface area (TPSA) is 0 Å². The second-order valence-electron chi connectivity index (χ2n) is 0. The summed E-state index contributed by atoms with van der Waals surface area (Å²) in [5.41, 5.74) is 0. The van der Waals surface area contributed by atoms with E-state index < -0.39 is 0 Å². The van der Waals surface area contributed by atoms with Gasteiger partial charge in [0.2, 0.25) is 0 Å². The third-order valence-electron chi connectivity index (χ3n) is 0. The summed E-state index contributed by atoms with van der Waals surface area (Å²) in [7, 11) is 0. The monoisotopic (exact) mass is 563 g/mol. The maximum absolute atomic E-state index is 0. The molecule has 0 bridgehead atoms. The molecule has 0 saturated carbocycles. The van der Waals surface area contributed by atoms with Crippen LogP contribution in [0.5, 0.6) is 0 Å². The summed E-state index contributed by atoms with van der Waals surface area (Å²) in [4.78, 5) is 0. The summed E-state index contributed by atoms with van der Waals surface area (Å²) >= 11 is 0. The quantitative estimate of drug-likeness (QED) is 0.399. The zero-order chi connectivity index (χ0) is 0. The van der Waals surface area contributed by atoms with Crippen LogP contribution < -0.4 is 0 Å². The standard InChI is InChI=1S/4HI.V/h4*1H;. The van der Waals surface area contributed by atoms with Gasteiger partial charge in [0.25, 0.3) is 0 Å². The molecule has 0 aromatic carbocycles. The van der Waals surface area contributed by atoms with Crippen molar-refractivity contribution in [1.29, 1.82) is 0 Å². The third-order valence-corrected chi connectivity index (χ3v) is 0. The van der Waals surface area contributed by atoms with Crippen LogP contribution in [0.2, 0.25) is 0 Å². The maximum Gasteiger partial charge on any atom is 0 e. The van der Waals surface area contributed by atoms with E-state index in [1.807, 2.05) is 0 Å². The molecule has 0 nitrogen and oxygen atoms in total. The van der Waals surface area contributed by atoms with Crippen molar-refractivity contribution in [2.75, 3.05) is 0 Å². The minimum absolute atomic E-state index is 0. The normalized spacial score (nSPS) is 0. The zero-order valence-corrected chi connectivity index (χ0v) is 12.8. The predicted octanol–water partition coefficient (Wildman–Crippen LogP) is 2.47. The third kappa shape index (κ3) is 18.5. The van der Waals surface area contributed by atoms with Gasteiger partial charge in [-0.2, -0.15) is 0 Å². The van der Waals surface area contributed by atoms with Crippen LogP contribution in [-0.2, 0) is 18.6 Å². The minimum Gasteiger partial charge on any atom is -0.107 e. The van der Waals surface area contributed by atoms with Crippen molar-refractivity contribution in [3.05, 3.63) is 0 Å². The van der Waals surface area contributed by atoms with Crippen molar-refractivity contribution in [3.8, 4) is 0 Å². The van der Waals surface area contributed by atoms with Crippen molar-refractivity contribution in [2.24, 2.45) is 0 Å². The number of hydrogen-bond acceptors (Lipinski definition) is 0. The van der Waals surface area contributed by atoms with E-state index in [0.717, 1.165) is 0 Å². The average Bonchev–Trinajstić information content (AvgIpc) is 0. The summed E-state index contributed by atoms with van der Waals surface area (Å²) in [5.74, 6) is 0. The Morgan fingerprint density at radius 2 is 0.400 bits per heavy atom. The largest absolute Gasteiger partial charge is 0.107 e. The van der Waals surface area contributed by atoms with Crippen molar-refractivity contribution in [1.82, 2.24) is 0 Å². The molecule has 0 heterocycles. The number of halogens is 4. The fourth-order valence-corrected chi connectivity index (χ4v) is 0. The smallest absolute Gasteiger partial charge is 0 e. The molecule has 0 saturated heterocycles. The Bertz CT molecular complexity index is 3.61. The van der Waals surface area contributed by atoms with Gasteiger partial charge < -0.3 is 0 Å². The van der Waals surface area contributed by atoms with Crippen LogP contribution >= 0.6 is 95.9 Å². The van der Waals surface area contributed by atoms with E-state index in [9.17, 15) is 0 Å². The van der Waals surface area contributed by atoms with Crippen molar-refractivity contribution < 1.29 is 18.6 Å². The summed E-state index contributed by atoms with van der Waals surface area (Å²) in [6, 6.07) is 0. The molecular weight excluding hydrogens is 559 g/mol. The second-order valence-corrected chi connectivity index (χ2v) is 0. The van der Waals surface area contributed by atoms with Crippen molar-refractivity contribution >= 4 is 95.9 Å². The van der Waals surface area contributed by atoms with E-state index >= 15 is 0 Å². The molecule has 0 aliphatic rings. The maximum atomic E-state index is 0. The number of hydrogen-bond donors (Lipinski definition) is 0. The van der Waals surface area contributed by atoms with E-state index in [0.29, 0.717) is 0 Å². The summed E-state index contributed by atoms with van der Waals surface area (Å²) in [6.45, 7) is 0. The molecule has 0 aliphatic heterocycles. The first-order valence-corrected chi connectivity index (χ1v) is 0. The molecular formula is H4I4V. The molecule has 5 heavy (non-hydrogen) atoms. The molecule has 0 N–H and O–H groups in total. The Kier molecular flexibility index (Phi) is 202. The van der Waals surface area contributed by atoms with Gasteiger partial charge in [-0.15, -0.1) is 95.9 Å². The first-order valence-electron chi connectivity index (χ1n) is 0. The fraction of sp³-hybridized carbons (Fsp3) is 0. The predicted molar refractivity (Wildman–Crippen MR) is 61.7 cm³/mol. The molecule has 5 heteroatoms. The molecule has 0 rings (SSSR count). The van der Waals surface area contributed by atoms with E-state index in [4.69, 9.17) is 0 Å². The van der Waals surface area contributed by atoms with Crippen molar-refractivity contribution in [2.45, 2.75) is 0 Å². The molecule has 0 aromatic rings. The molecule has 0 aromatic heterocycles. The van der Waals surface area contributed by atoms with Gasteiger partial charge in [0, 0.05) is 18.6 Å². The molecule has 0 unspecified atom stereocenters. The van der Waals surface area contributed by atoms with E-state index in [-0.39, 0.29) is 114 Å². The van der Waals surface area contributed by atoms with E-state index in [1.165, 1.54) is 0 Å². The van der Waals surface area contributed by atoms with Crippen molar-refractivity contribution in [3.63, 3.8) is 0 Å².